The van der Waals surface area contributed by atoms with Crippen molar-refractivity contribution in [3.8, 4) is 0 Å². The van der Waals surface area contributed by atoms with Crippen LogP contribution in [0.15, 0.2) is 18.2 Å². The molecule has 3 nitrogen and oxygen atoms in total. The Morgan fingerprint density at radius 3 is 2.61 bits per heavy atom. The van der Waals surface area contributed by atoms with E-state index in [2.05, 4.69) is 5.32 Å². The van der Waals surface area contributed by atoms with Crippen molar-refractivity contribution in [2.45, 2.75) is 37.8 Å². The maximum absolute atomic E-state index is 13.0. The zero-order valence-electron chi connectivity index (χ0n) is 9.83. The zero-order valence-corrected chi connectivity index (χ0v) is 9.83. The fourth-order valence-corrected chi connectivity index (χ4v) is 2.17. The lowest BCUT2D eigenvalue weighted by Gasteiger charge is -2.28. The first-order chi connectivity index (χ1) is 8.58. The van der Waals surface area contributed by atoms with Crippen LogP contribution in [-0.2, 0) is 0 Å². The highest BCUT2D eigenvalue weighted by atomic mass is 19.2. The van der Waals surface area contributed by atoms with Crippen molar-refractivity contribution in [2.24, 2.45) is 0 Å². The SMILES string of the molecule is O=C(N[C@@H]1CCCC[C@H]1O)c1ccc(F)c(F)c1. The van der Waals surface area contributed by atoms with Gasteiger partial charge in [-0.1, -0.05) is 12.8 Å². The van der Waals surface area contributed by atoms with Gasteiger partial charge in [0.2, 0.25) is 0 Å². The standard InChI is InChI=1S/C13H15F2NO2/c14-9-6-5-8(7-10(9)15)13(18)16-11-3-1-2-4-12(11)17/h5-7,11-12,17H,1-4H2,(H,16,18)/t11-,12-/m1/s1. The summed E-state index contributed by atoms with van der Waals surface area (Å²) < 4.78 is 25.7. The molecule has 18 heavy (non-hydrogen) atoms. The van der Waals surface area contributed by atoms with Crippen LogP contribution in [0.3, 0.4) is 0 Å². The molecule has 1 aliphatic carbocycles. The van der Waals surface area contributed by atoms with Gasteiger partial charge in [0.25, 0.3) is 5.91 Å². The average molecular weight is 255 g/mol. The number of hydrogen-bond donors (Lipinski definition) is 2. The molecule has 1 aromatic rings. The Hall–Kier alpha value is -1.49. The van der Waals surface area contributed by atoms with Gasteiger partial charge in [0.15, 0.2) is 11.6 Å². The summed E-state index contributed by atoms with van der Waals surface area (Å²) in [4.78, 5) is 11.8. The summed E-state index contributed by atoms with van der Waals surface area (Å²) in [6, 6.07) is 2.70. The fourth-order valence-electron chi connectivity index (χ4n) is 2.17. The number of carbonyl (C=O) groups is 1. The van der Waals surface area contributed by atoms with E-state index in [1.807, 2.05) is 0 Å². The molecule has 1 saturated carbocycles. The molecule has 0 radical (unpaired) electrons. The Labute approximate surface area is 104 Å². The molecule has 0 bridgehead atoms. The van der Waals surface area contributed by atoms with E-state index >= 15 is 0 Å². The number of amides is 1. The summed E-state index contributed by atoms with van der Waals surface area (Å²) in [7, 11) is 0. The van der Waals surface area contributed by atoms with Crippen LogP contribution >= 0.6 is 0 Å². The lowest BCUT2D eigenvalue weighted by atomic mass is 9.92. The van der Waals surface area contributed by atoms with Crippen LogP contribution in [-0.4, -0.2) is 23.2 Å². The molecular formula is C13H15F2NO2. The van der Waals surface area contributed by atoms with Crippen molar-refractivity contribution >= 4 is 5.91 Å². The summed E-state index contributed by atoms with van der Waals surface area (Å²) >= 11 is 0. The predicted molar refractivity (Wildman–Crippen MR) is 62.1 cm³/mol. The normalized spacial score (nSPS) is 23.7. The molecule has 2 atom stereocenters. The second-order valence-corrected chi connectivity index (χ2v) is 4.56. The highest BCUT2D eigenvalue weighted by Gasteiger charge is 2.25. The molecule has 1 aromatic carbocycles. The average Bonchev–Trinajstić information content (AvgIpc) is 2.35. The van der Waals surface area contributed by atoms with Crippen LogP contribution in [0.25, 0.3) is 0 Å². The predicted octanol–water partition coefficient (Wildman–Crippen LogP) is 2.00. The molecule has 0 aliphatic heterocycles. The Kier molecular flexibility index (Phi) is 3.91. The van der Waals surface area contributed by atoms with Crippen molar-refractivity contribution in [3.05, 3.63) is 35.4 Å². The second-order valence-electron chi connectivity index (χ2n) is 4.56. The molecule has 1 fully saturated rings. The van der Waals surface area contributed by atoms with Crippen LogP contribution in [0.4, 0.5) is 8.78 Å². The maximum Gasteiger partial charge on any atom is 0.251 e. The number of nitrogens with one attached hydrogen (secondary N) is 1. The third-order valence-corrected chi connectivity index (χ3v) is 3.23. The molecule has 1 aliphatic rings. The second kappa shape index (κ2) is 5.44. The molecule has 5 heteroatoms. The highest BCUT2D eigenvalue weighted by molar-refractivity contribution is 5.94. The summed E-state index contributed by atoms with van der Waals surface area (Å²) in [6.07, 6.45) is 2.69. The lowest BCUT2D eigenvalue weighted by Crippen LogP contribution is -2.45. The van der Waals surface area contributed by atoms with Crippen molar-refractivity contribution in [3.63, 3.8) is 0 Å². The summed E-state index contributed by atoms with van der Waals surface area (Å²) in [5, 5.41) is 12.4. The van der Waals surface area contributed by atoms with Gasteiger partial charge in [-0.15, -0.1) is 0 Å². The summed E-state index contributed by atoms with van der Waals surface area (Å²) in [6.45, 7) is 0. The first kappa shape index (κ1) is 13.0. The van der Waals surface area contributed by atoms with Crippen LogP contribution in [0.2, 0.25) is 0 Å². The highest BCUT2D eigenvalue weighted by Crippen LogP contribution is 2.19. The number of aliphatic hydroxyl groups excluding tert-OH is 1. The number of rotatable bonds is 2. The van der Waals surface area contributed by atoms with Gasteiger partial charge in [0.1, 0.15) is 0 Å². The van der Waals surface area contributed by atoms with Crippen molar-refractivity contribution < 1.29 is 18.7 Å². The number of aliphatic hydroxyl groups is 1. The van der Waals surface area contributed by atoms with E-state index in [4.69, 9.17) is 0 Å². The number of halogens is 2. The Bertz CT molecular complexity index is 451. The van der Waals surface area contributed by atoms with E-state index in [-0.39, 0.29) is 11.6 Å². The van der Waals surface area contributed by atoms with E-state index in [0.717, 1.165) is 25.0 Å². The molecule has 2 N–H and O–H groups in total. The number of benzene rings is 1. The van der Waals surface area contributed by atoms with E-state index in [0.29, 0.717) is 12.8 Å². The van der Waals surface area contributed by atoms with Gasteiger partial charge < -0.3 is 10.4 Å². The Morgan fingerprint density at radius 2 is 1.94 bits per heavy atom. The van der Waals surface area contributed by atoms with Gasteiger partial charge >= 0.3 is 0 Å². The molecule has 0 spiro atoms. The van der Waals surface area contributed by atoms with E-state index in [9.17, 15) is 18.7 Å². The fraction of sp³-hybridized carbons (Fsp3) is 0.462. The lowest BCUT2D eigenvalue weighted by molar-refractivity contribution is 0.0717. The van der Waals surface area contributed by atoms with Gasteiger partial charge in [0.05, 0.1) is 12.1 Å². The first-order valence-corrected chi connectivity index (χ1v) is 6.02. The van der Waals surface area contributed by atoms with E-state index < -0.39 is 23.6 Å². The zero-order chi connectivity index (χ0) is 13.1. The third-order valence-electron chi connectivity index (χ3n) is 3.23. The third kappa shape index (κ3) is 2.85. The minimum Gasteiger partial charge on any atom is -0.391 e. The van der Waals surface area contributed by atoms with Crippen molar-refractivity contribution in [1.29, 1.82) is 0 Å². The topological polar surface area (TPSA) is 49.3 Å². The Balaban J connectivity index is 2.04. The molecule has 0 heterocycles. The summed E-state index contributed by atoms with van der Waals surface area (Å²) in [5.41, 5.74) is 0.0617. The van der Waals surface area contributed by atoms with E-state index in [1.165, 1.54) is 6.07 Å². The number of hydrogen-bond acceptors (Lipinski definition) is 2. The largest absolute Gasteiger partial charge is 0.391 e. The van der Waals surface area contributed by atoms with E-state index in [1.54, 1.807) is 0 Å². The van der Waals surface area contributed by atoms with Gasteiger partial charge in [-0.3, -0.25) is 4.79 Å². The molecule has 0 aromatic heterocycles. The van der Waals surface area contributed by atoms with Gasteiger partial charge in [-0.2, -0.15) is 0 Å². The molecule has 2 rings (SSSR count). The molecular weight excluding hydrogens is 240 g/mol. The van der Waals surface area contributed by atoms with Crippen molar-refractivity contribution in [1.82, 2.24) is 5.32 Å². The van der Waals surface area contributed by atoms with Crippen LogP contribution < -0.4 is 5.32 Å². The summed E-state index contributed by atoms with van der Waals surface area (Å²) in [5.74, 6) is -2.52. The number of carbonyl (C=O) groups excluding carboxylic acids is 1. The van der Waals surface area contributed by atoms with Gasteiger partial charge in [-0.25, -0.2) is 8.78 Å². The quantitative estimate of drug-likeness (QED) is 0.849. The smallest absolute Gasteiger partial charge is 0.251 e. The van der Waals surface area contributed by atoms with Crippen LogP contribution in [0.1, 0.15) is 36.0 Å². The van der Waals surface area contributed by atoms with Gasteiger partial charge in [-0.05, 0) is 31.0 Å². The van der Waals surface area contributed by atoms with Gasteiger partial charge in [0, 0.05) is 5.56 Å². The monoisotopic (exact) mass is 255 g/mol. The minimum atomic E-state index is -1.05. The van der Waals surface area contributed by atoms with Crippen molar-refractivity contribution in [2.75, 3.05) is 0 Å². The molecule has 0 saturated heterocycles. The maximum atomic E-state index is 13.0. The molecule has 98 valence electrons. The Morgan fingerprint density at radius 1 is 1.22 bits per heavy atom. The van der Waals surface area contributed by atoms with Crippen LogP contribution in [0.5, 0.6) is 0 Å². The first-order valence-electron chi connectivity index (χ1n) is 6.02. The molecule has 0 unspecified atom stereocenters. The van der Waals surface area contributed by atoms with Crippen LogP contribution in [0, 0.1) is 11.6 Å². The molecule has 1 amide bonds. The minimum absolute atomic E-state index is 0.0617.